The van der Waals surface area contributed by atoms with Crippen LogP contribution in [-0.4, -0.2) is 13.4 Å². The maximum absolute atomic E-state index is 11.3. The van der Waals surface area contributed by atoms with Crippen molar-refractivity contribution in [2.45, 2.75) is 11.8 Å². The molecular weight excluding hydrogens is 212 g/mol. The molecule has 5 heteroatoms. The highest BCUT2D eigenvalue weighted by atomic mass is 32.2. The third kappa shape index (κ3) is 1.71. The van der Waals surface area contributed by atoms with E-state index < -0.39 is 10.0 Å². The summed E-state index contributed by atoms with van der Waals surface area (Å²) in [5.74, 6) is 0. The topological polar surface area (TPSA) is 73.0 Å². The van der Waals surface area contributed by atoms with Crippen LogP contribution in [-0.2, 0) is 10.0 Å². The minimum atomic E-state index is -3.69. The lowest BCUT2D eigenvalue weighted by Gasteiger charge is -2.05. The number of hydrogen-bond acceptors (Lipinski definition) is 3. The molecule has 4 nitrogen and oxygen atoms in total. The van der Waals surface area contributed by atoms with Gasteiger partial charge in [0.2, 0.25) is 10.0 Å². The molecule has 1 aromatic carbocycles. The average molecular weight is 222 g/mol. The van der Waals surface area contributed by atoms with E-state index in [1.54, 1.807) is 12.3 Å². The molecular formula is C10H10N2O2S. The van der Waals surface area contributed by atoms with E-state index in [1.807, 2.05) is 13.0 Å². The molecule has 0 fully saturated rings. The molecule has 0 saturated heterocycles. The second-order valence-electron chi connectivity index (χ2n) is 3.35. The van der Waals surface area contributed by atoms with Crippen LogP contribution in [0.3, 0.4) is 0 Å². The maximum Gasteiger partial charge on any atom is 0.238 e. The van der Waals surface area contributed by atoms with Crippen LogP contribution in [0.5, 0.6) is 0 Å². The number of nitrogens with two attached hydrogens (primary N) is 1. The van der Waals surface area contributed by atoms with Gasteiger partial charge in [0.25, 0.3) is 0 Å². The summed E-state index contributed by atoms with van der Waals surface area (Å²) in [5, 5.41) is 6.54. The van der Waals surface area contributed by atoms with Gasteiger partial charge < -0.3 is 0 Å². The summed E-state index contributed by atoms with van der Waals surface area (Å²) in [7, 11) is -3.69. The summed E-state index contributed by atoms with van der Waals surface area (Å²) in [5.41, 5.74) is 0.929. The van der Waals surface area contributed by atoms with Gasteiger partial charge in [-0.25, -0.2) is 13.6 Å². The van der Waals surface area contributed by atoms with Crippen LogP contribution in [0, 0.1) is 6.92 Å². The van der Waals surface area contributed by atoms with Crippen molar-refractivity contribution in [3.8, 4) is 0 Å². The van der Waals surface area contributed by atoms with E-state index in [9.17, 15) is 8.42 Å². The van der Waals surface area contributed by atoms with Crippen LogP contribution < -0.4 is 5.14 Å². The van der Waals surface area contributed by atoms with Gasteiger partial charge in [0, 0.05) is 17.8 Å². The quantitative estimate of drug-likeness (QED) is 0.787. The predicted octanol–water partition coefficient (Wildman–Crippen LogP) is 1.19. The fraction of sp³-hybridized carbons (Fsp3) is 0.100. The van der Waals surface area contributed by atoms with Crippen LogP contribution >= 0.6 is 0 Å². The summed E-state index contributed by atoms with van der Waals surface area (Å²) >= 11 is 0. The van der Waals surface area contributed by atoms with Crippen LogP contribution in [0.4, 0.5) is 0 Å². The Balaban J connectivity index is 2.96. The van der Waals surface area contributed by atoms with E-state index in [4.69, 9.17) is 5.14 Å². The monoisotopic (exact) mass is 222 g/mol. The van der Waals surface area contributed by atoms with Gasteiger partial charge in [0.1, 0.15) is 0 Å². The number of pyridine rings is 1. The van der Waals surface area contributed by atoms with Crippen molar-refractivity contribution in [3.63, 3.8) is 0 Å². The van der Waals surface area contributed by atoms with Crippen LogP contribution in [0.2, 0.25) is 0 Å². The summed E-state index contributed by atoms with van der Waals surface area (Å²) in [6.07, 6.45) is 3.21. The first-order valence-electron chi connectivity index (χ1n) is 4.36. The van der Waals surface area contributed by atoms with Crippen molar-refractivity contribution in [2.75, 3.05) is 0 Å². The van der Waals surface area contributed by atoms with Crippen molar-refractivity contribution in [1.82, 2.24) is 4.98 Å². The van der Waals surface area contributed by atoms with E-state index in [1.165, 1.54) is 12.3 Å². The van der Waals surface area contributed by atoms with Gasteiger partial charge in [-0.15, -0.1) is 0 Å². The van der Waals surface area contributed by atoms with Crippen LogP contribution in [0.1, 0.15) is 5.56 Å². The summed E-state index contributed by atoms with van der Waals surface area (Å²) in [4.78, 5) is 4.09. The molecule has 2 N–H and O–H groups in total. The van der Waals surface area contributed by atoms with Crippen molar-refractivity contribution in [1.29, 1.82) is 0 Å². The molecule has 0 spiro atoms. The highest BCUT2D eigenvalue weighted by Gasteiger charge is 2.12. The first-order valence-corrected chi connectivity index (χ1v) is 5.91. The van der Waals surface area contributed by atoms with Gasteiger partial charge >= 0.3 is 0 Å². The Kier molecular flexibility index (Phi) is 2.21. The molecule has 15 heavy (non-hydrogen) atoms. The Bertz CT molecular complexity index is 620. The number of hydrogen-bond donors (Lipinski definition) is 1. The summed E-state index contributed by atoms with van der Waals surface area (Å²) < 4.78 is 22.6. The number of nitrogens with zero attached hydrogens (tertiary/aromatic N) is 1. The molecule has 0 saturated carbocycles. The number of rotatable bonds is 1. The second-order valence-corrected chi connectivity index (χ2v) is 4.88. The third-order valence-electron chi connectivity index (χ3n) is 2.27. The Morgan fingerprint density at radius 2 is 1.93 bits per heavy atom. The molecule has 1 heterocycles. The average Bonchev–Trinajstić information content (AvgIpc) is 2.16. The van der Waals surface area contributed by atoms with Gasteiger partial charge in [0.15, 0.2) is 0 Å². The third-order valence-corrected chi connectivity index (χ3v) is 3.24. The predicted molar refractivity (Wildman–Crippen MR) is 57.9 cm³/mol. The number of aryl methyl sites for hydroxylation is 1. The fourth-order valence-electron chi connectivity index (χ4n) is 1.56. The first-order chi connectivity index (χ1) is 7.00. The molecule has 0 aliphatic heterocycles. The van der Waals surface area contributed by atoms with Gasteiger partial charge in [-0.1, -0.05) is 12.1 Å². The zero-order valence-corrected chi connectivity index (χ0v) is 8.95. The minimum absolute atomic E-state index is 0.121. The maximum atomic E-state index is 11.3. The number of primary sulfonamides is 1. The minimum Gasteiger partial charge on any atom is -0.264 e. The normalized spacial score (nSPS) is 11.9. The van der Waals surface area contributed by atoms with E-state index in [0.29, 0.717) is 5.39 Å². The zero-order valence-electron chi connectivity index (χ0n) is 8.14. The molecule has 0 amide bonds. The molecule has 0 bridgehead atoms. The number of sulfonamides is 1. The van der Waals surface area contributed by atoms with Gasteiger partial charge in [0.05, 0.1) is 4.90 Å². The molecule has 2 rings (SSSR count). The lowest BCUT2D eigenvalue weighted by molar-refractivity contribution is 0.598. The van der Waals surface area contributed by atoms with Gasteiger partial charge in [-0.2, -0.15) is 0 Å². The van der Waals surface area contributed by atoms with Gasteiger partial charge in [-0.05, 0) is 23.9 Å². The SMILES string of the molecule is Cc1cncc2c(S(N)(=O)=O)cccc12. The van der Waals surface area contributed by atoms with Crippen molar-refractivity contribution in [2.24, 2.45) is 5.14 Å². The second kappa shape index (κ2) is 3.29. The largest absolute Gasteiger partial charge is 0.264 e. The highest BCUT2D eigenvalue weighted by molar-refractivity contribution is 7.89. The molecule has 1 aromatic heterocycles. The molecule has 0 unspecified atom stereocenters. The Morgan fingerprint density at radius 1 is 1.20 bits per heavy atom. The number of fused-ring (bicyclic) bond motifs is 1. The molecule has 0 radical (unpaired) electrons. The van der Waals surface area contributed by atoms with Gasteiger partial charge in [-0.3, -0.25) is 4.98 Å². The Labute approximate surface area is 87.8 Å². The summed E-state index contributed by atoms with van der Waals surface area (Å²) in [6, 6.07) is 5.01. The molecule has 78 valence electrons. The van der Waals surface area contributed by atoms with Crippen LogP contribution in [0.25, 0.3) is 10.8 Å². The van der Waals surface area contributed by atoms with Crippen molar-refractivity contribution in [3.05, 3.63) is 36.2 Å². The van der Waals surface area contributed by atoms with E-state index in [2.05, 4.69) is 4.98 Å². The lowest BCUT2D eigenvalue weighted by Crippen LogP contribution is -2.12. The smallest absolute Gasteiger partial charge is 0.238 e. The van der Waals surface area contributed by atoms with Crippen molar-refractivity contribution >= 4 is 20.8 Å². The van der Waals surface area contributed by atoms with E-state index >= 15 is 0 Å². The highest BCUT2D eigenvalue weighted by Crippen LogP contribution is 2.23. The molecule has 0 aliphatic rings. The Morgan fingerprint density at radius 3 is 2.60 bits per heavy atom. The Hall–Kier alpha value is -1.46. The van der Waals surface area contributed by atoms with E-state index in [0.717, 1.165) is 10.9 Å². The standard InChI is InChI=1S/C10H10N2O2S/c1-7-5-12-6-9-8(7)3-2-4-10(9)15(11,13)14/h2-6H,1H3,(H2,11,13,14). The summed E-state index contributed by atoms with van der Waals surface area (Å²) in [6.45, 7) is 1.88. The fourth-order valence-corrected chi connectivity index (χ4v) is 2.30. The zero-order chi connectivity index (χ0) is 11.1. The number of aromatic nitrogens is 1. The first kappa shape index (κ1) is 10.1. The molecule has 2 aromatic rings. The molecule has 0 aliphatic carbocycles. The number of benzene rings is 1. The molecule has 0 atom stereocenters. The lowest BCUT2D eigenvalue weighted by atomic mass is 10.1. The van der Waals surface area contributed by atoms with E-state index in [-0.39, 0.29) is 4.90 Å². The van der Waals surface area contributed by atoms with Crippen molar-refractivity contribution < 1.29 is 8.42 Å². The van der Waals surface area contributed by atoms with Crippen LogP contribution in [0.15, 0.2) is 35.5 Å².